The Balaban J connectivity index is 2.84. The molecule has 0 amide bonds. The van der Waals surface area contributed by atoms with Crippen LogP contribution in [-0.2, 0) is 0 Å². The van der Waals surface area contributed by atoms with Crippen LogP contribution in [0.3, 0.4) is 0 Å². The van der Waals surface area contributed by atoms with Crippen LogP contribution in [0.1, 0.15) is 60.8 Å². The van der Waals surface area contributed by atoms with E-state index in [0.717, 1.165) is 18.8 Å². The van der Waals surface area contributed by atoms with E-state index in [1.165, 1.54) is 13.0 Å². The summed E-state index contributed by atoms with van der Waals surface area (Å²) in [6.45, 7) is 15.2. The van der Waals surface area contributed by atoms with Crippen molar-refractivity contribution in [3.8, 4) is 0 Å². The number of likely N-dealkylation sites (tertiary alicyclic amines) is 1. The number of rotatable bonds is 3. The third-order valence-electron chi connectivity index (χ3n) is 4.18. The Morgan fingerprint density at radius 3 is 2.00 bits per heavy atom. The van der Waals surface area contributed by atoms with Crippen molar-refractivity contribution in [3.63, 3.8) is 0 Å². The van der Waals surface area contributed by atoms with Gasteiger partial charge in [0.15, 0.2) is 0 Å². The van der Waals surface area contributed by atoms with Gasteiger partial charge in [-0.05, 0) is 46.5 Å². The maximum atomic E-state index is 6.18. The average molecular weight is 226 g/mol. The zero-order chi connectivity index (χ0) is 12.6. The molecule has 0 saturated carbocycles. The van der Waals surface area contributed by atoms with Crippen molar-refractivity contribution in [2.75, 3.05) is 6.54 Å². The second-order valence-electron chi connectivity index (χ2n) is 6.92. The molecule has 1 aliphatic heterocycles. The zero-order valence-electron chi connectivity index (χ0n) is 12.0. The van der Waals surface area contributed by atoms with Crippen molar-refractivity contribution >= 4 is 0 Å². The number of piperidine rings is 1. The van der Waals surface area contributed by atoms with Gasteiger partial charge in [-0.1, -0.05) is 20.3 Å². The molecule has 0 aromatic carbocycles. The Morgan fingerprint density at radius 1 is 1.19 bits per heavy atom. The predicted molar refractivity (Wildman–Crippen MR) is 71.5 cm³/mol. The highest BCUT2D eigenvalue weighted by molar-refractivity contribution is 5.01. The van der Waals surface area contributed by atoms with Gasteiger partial charge in [0, 0.05) is 23.7 Å². The SMILES string of the molecule is CCC(C)CN1C(C)(C)CC(N)CC1(C)C. The van der Waals surface area contributed by atoms with E-state index in [0.29, 0.717) is 6.04 Å². The van der Waals surface area contributed by atoms with E-state index in [9.17, 15) is 0 Å². The molecular formula is C14H30N2. The van der Waals surface area contributed by atoms with Crippen LogP contribution in [-0.4, -0.2) is 28.6 Å². The molecule has 1 fully saturated rings. The van der Waals surface area contributed by atoms with Crippen molar-refractivity contribution in [2.24, 2.45) is 11.7 Å². The summed E-state index contributed by atoms with van der Waals surface area (Å²) in [5.41, 5.74) is 6.67. The van der Waals surface area contributed by atoms with Crippen LogP contribution in [0.4, 0.5) is 0 Å². The molecule has 1 heterocycles. The molecule has 0 radical (unpaired) electrons. The smallest absolute Gasteiger partial charge is 0.0173 e. The van der Waals surface area contributed by atoms with Crippen LogP contribution in [0.15, 0.2) is 0 Å². The molecule has 2 N–H and O–H groups in total. The standard InChI is InChI=1S/C14H30N2/c1-7-11(2)10-16-13(3,4)8-12(15)9-14(16,5)6/h11-12H,7-10,15H2,1-6H3. The first kappa shape index (κ1) is 14.0. The average Bonchev–Trinajstić information content (AvgIpc) is 2.08. The quantitative estimate of drug-likeness (QED) is 0.801. The summed E-state index contributed by atoms with van der Waals surface area (Å²) in [5.74, 6) is 0.771. The molecule has 1 unspecified atom stereocenters. The van der Waals surface area contributed by atoms with Crippen molar-refractivity contribution in [1.29, 1.82) is 0 Å². The van der Waals surface area contributed by atoms with Crippen molar-refractivity contribution in [2.45, 2.75) is 77.9 Å². The number of hydrogen-bond acceptors (Lipinski definition) is 2. The first-order valence-corrected chi connectivity index (χ1v) is 6.72. The van der Waals surface area contributed by atoms with Crippen molar-refractivity contribution in [3.05, 3.63) is 0 Å². The Labute approximate surface area is 102 Å². The fraction of sp³-hybridized carbons (Fsp3) is 1.00. The summed E-state index contributed by atoms with van der Waals surface area (Å²) < 4.78 is 0. The summed E-state index contributed by atoms with van der Waals surface area (Å²) >= 11 is 0. The van der Waals surface area contributed by atoms with E-state index < -0.39 is 0 Å². The molecular weight excluding hydrogens is 196 g/mol. The van der Waals surface area contributed by atoms with Crippen LogP contribution in [0.25, 0.3) is 0 Å². The van der Waals surface area contributed by atoms with Crippen LogP contribution >= 0.6 is 0 Å². The molecule has 0 bridgehead atoms. The maximum absolute atomic E-state index is 6.18. The minimum atomic E-state index is 0.241. The van der Waals surface area contributed by atoms with Gasteiger partial charge in [-0.2, -0.15) is 0 Å². The lowest BCUT2D eigenvalue weighted by Gasteiger charge is -2.55. The van der Waals surface area contributed by atoms with Gasteiger partial charge < -0.3 is 5.73 Å². The fourth-order valence-corrected chi connectivity index (χ4v) is 3.33. The highest BCUT2D eigenvalue weighted by atomic mass is 15.3. The number of nitrogens with two attached hydrogens (primary N) is 1. The van der Waals surface area contributed by atoms with Crippen LogP contribution in [0, 0.1) is 5.92 Å². The third kappa shape index (κ3) is 2.98. The van der Waals surface area contributed by atoms with E-state index in [1.807, 2.05) is 0 Å². The summed E-state index contributed by atoms with van der Waals surface area (Å²) in [5, 5.41) is 0. The van der Waals surface area contributed by atoms with Gasteiger partial charge in [0.1, 0.15) is 0 Å². The van der Waals surface area contributed by atoms with Gasteiger partial charge in [-0.25, -0.2) is 0 Å². The van der Waals surface area contributed by atoms with E-state index in [1.54, 1.807) is 0 Å². The molecule has 1 aliphatic rings. The van der Waals surface area contributed by atoms with Gasteiger partial charge in [0.25, 0.3) is 0 Å². The van der Waals surface area contributed by atoms with Gasteiger partial charge in [-0.15, -0.1) is 0 Å². The third-order valence-corrected chi connectivity index (χ3v) is 4.18. The Hall–Kier alpha value is -0.0800. The van der Waals surface area contributed by atoms with Crippen molar-refractivity contribution < 1.29 is 0 Å². The second kappa shape index (κ2) is 4.66. The lowest BCUT2D eigenvalue weighted by atomic mass is 9.76. The monoisotopic (exact) mass is 226 g/mol. The van der Waals surface area contributed by atoms with Gasteiger partial charge >= 0.3 is 0 Å². The van der Waals surface area contributed by atoms with Crippen LogP contribution in [0.2, 0.25) is 0 Å². The summed E-state index contributed by atoms with van der Waals surface area (Å²) in [6, 6.07) is 0.359. The van der Waals surface area contributed by atoms with Gasteiger partial charge in [0.2, 0.25) is 0 Å². The minimum Gasteiger partial charge on any atom is -0.328 e. The molecule has 96 valence electrons. The van der Waals surface area contributed by atoms with E-state index in [4.69, 9.17) is 5.73 Å². The molecule has 0 aromatic heterocycles. The molecule has 0 spiro atoms. The normalized spacial score (nSPS) is 27.9. The minimum absolute atomic E-state index is 0.241. The van der Waals surface area contributed by atoms with E-state index >= 15 is 0 Å². The molecule has 16 heavy (non-hydrogen) atoms. The molecule has 1 atom stereocenters. The van der Waals surface area contributed by atoms with Gasteiger partial charge in [0.05, 0.1) is 0 Å². The number of nitrogens with zero attached hydrogens (tertiary/aromatic N) is 1. The Morgan fingerprint density at radius 2 is 1.62 bits per heavy atom. The molecule has 0 aromatic rings. The van der Waals surface area contributed by atoms with Gasteiger partial charge in [-0.3, -0.25) is 4.90 Å². The Bertz CT molecular complexity index is 215. The van der Waals surface area contributed by atoms with Crippen LogP contribution < -0.4 is 5.73 Å². The summed E-state index contributed by atoms with van der Waals surface area (Å²) in [4.78, 5) is 2.68. The summed E-state index contributed by atoms with van der Waals surface area (Å²) in [7, 11) is 0. The summed E-state index contributed by atoms with van der Waals surface area (Å²) in [6.07, 6.45) is 3.49. The topological polar surface area (TPSA) is 29.3 Å². The van der Waals surface area contributed by atoms with E-state index in [2.05, 4.69) is 46.4 Å². The molecule has 2 heteroatoms. The fourth-order valence-electron chi connectivity index (χ4n) is 3.33. The van der Waals surface area contributed by atoms with E-state index in [-0.39, 0.29) is 11.1 Å². The molecule has 0 aliphatic carbocycles. The first-order chi connectivity index (χ1) is 7.19. The second-order valence-corrected chi connectivity index (χ2v) is 6.92. The predicted octanol–water partition coefficient (Wildman–Crippen LogP) is 3.01. The maximum Gasteiger partial charge on any atom is 0.0173 e. The molecule has 1 saturated heterocycles. The largest absolute Gasteiger partial charge is 0.328 e. The van der Waals surface area contributed by atoms with Crippen molar-refractivity contribution in [1.82, 2.24) is 4.90 Å². The lowest BCUT2D eigenvalue weighted by Crippen LogP contribution is -2.64. The highest BCUT2D eigenvalue weighted by Gasteiger charge is 2.44. The number of hydrogen-bond donors (Lipinski definition) is 1. The Kier molecular flexibility index (Phi) is 4.07. The first-order valence-electron chi connectivity index (χ1n) is 6.72. The highest BCUT2D eigenvalue weighted by Crippen LogP contribution is 2.38. The molecule has 2 nitrogen and oxygen atoms in total. The van der Waals surface area contributed by atoms with Crippen LogP contribution in [0.5, 0.6) is 0 Å². The lowest BCUT2D eigenvalue weighted by molar-refractivity contribution is -0.0440. The molecule has 1 rings (SSSR count). The zero-order valence-corrected chi connectivity index (χ0v) is 12.0.